The largest absolute Gasteiger partial charge is 0.192 e. The van der Waals surface area contributed by atoms with Gasteiger partial charge in [-0.15, -0.1) is 0 Å². The molecule has 0 unspecified atom stereocenters. The van der Waals surface area contributed by atoms with E-state index in [9.17, 15) is 0 Å². The van der Waals surface area contributed by atoms with Gasteiger partial charge in [0.1, 0.15) is 0 Å². The standard InChI is InChI=1S/C7H4INS/c8-7-5-3-1-2-4-6(5)9-10-7/h1-4H. The molecule has 0 spiro atoms. The van der Waals surface area contributed by atoms with Crippen LogP contribution < -0.4 is 0 Å². The Morgan fingerprint density at radius 1 is 1.30 bits per heavy atom. The number of aromatic nitrogens is 1. The van der Waals surface area contributed by atoms with E-state index in [0.717, 1.165) is 5.52 Å². The third-order valence-corrected chi connectivity index (χ3v) is 3.18. The summed E-state index contributed by atoms with van der Waals surface area (Å²) in [7, 11) is 0. The molecular weight excluding hydrogens is 257 g/mol. The van der Waals surface area contributed by atoms with Crippen LogP contribution in [0.15, 0.2) is 24.3 Å². The average molecular weight is 261 g/mol. The second-order valence-electron chi connectivity index (χ2n) is 1.97. The molecule has 3 heteroatoms. The Labute approximate surface area is 76.4 Å². The number of hydrogen-bond acceptors (Lipinski definition) is 2. The summed E-state index contributed by atoms with van der Waals surface area (Å²) in [5, 5.41) is 1.27. The molecule has 10 heavy (non-hydrogen) atoms. The molecule has 0 bridgehead atoms. The van der Waals surface area contributed by atoms with Crippen LogP contribution in [-0.2, 0) is 0 Å². The van der Waals surface area contributed by atoms with Gasteiger partial charge in [0, 0.05) is 5.39 Å². The molecule has 0 radical (unpaired) electrons. The Morgan fingerprint density at radius 2 is 2.10 bits per heavy atom. The van der Waals surface area contributed by atoms with Crippen molar-refractivity contribution >= 4 is 45.0 Å². The Balaban J connectivity index is 2.93. The first-order valence-electron chi connectivity index (χ1n) is 2.88. The molecule has 0 aliphatic heterocycles. The molecule has 0 fully saturated rings. The summed E-state index contributed by atoms with van der Waals surface area (Å²) in [6.45, 7) is 0. The molecule has 1 heterocycles. The van der Waals surface area contributed by atoms with E-state index in [0.29, 0.717) is 0 Å². The SMILES string of the molecule is Ic1snc2ccccc12. The van der Waals surface area contributed by atoms with Gasteiger partial charge < -0.3 is 0 Å². The lowest BCUT2D eigenvalue weighted by atomic mass is 10.3. The second-order valence-corrected chi connectivity index (χ2v) is 4.56. The summed E-state index contributed by atoms with van der Waals surface area (Å²) >= 11 is 3.86. The Kier molecular flexibility index (Phi) is 1.61. The Morgan fingerprint density at radius 3 is 2.90 bits per heavy atom. The van der Waals surface area contributed by atoms with Crippen LogP contribution in [0.2, 0.25) is 0 Å². The van der Waals surface area contributed by atoms with Crippen LogP contribution in [0.1, 0.15) is 0 Å². The van der Waals surface area contributed by atoms with E-state index in [-0.39, 0.29) is 0 Å². The van der Waals surface area contributed by atoms with Gasteiger partial charge in [-0.2, -0.15) is 4.37 Å². The molecule has 0 saturated heterocycles. The maximum absolute atomic E-state index is 4.25. The highest BCUT2D eigenvalue weighted by atomic mass is 127. The van der Waals surface area contributed by atoms with Gasteiger partial charge in [-0.1, -0.05) is 18.2 Å². The lowest BCUT2D eigenvalue weighted by Gasteiger charge is -1.83. The van der Waals surface area contributed by atoms with Crippen LogP contribution in [0.25, 0.3) is 10.9 Å². The van der Waals surface area contributed by atoms with Crippen molar-refractivity contribution in [2.75, 3.05) is 0 Å². The zero-order chi connectivity index (χ0) is 6.97. The topological polar surface area (TPSA) is 12.9 Å². The molecule has 0 amide bonds. The first kappa shape index (κ1) is 6.54. The lowest BCUT2D eigenvalue weighted by molar-refractivity contribution is 1.66. The molecule has 0 saturated carbocycles. The predicted molar refractivity (Wildman–Crippen MR) is 52.3 cm³/mol. The van der Waals surface area contributed by atoms with Crippen molar-refractivity contribution in [3.63, 3.8) is 0 Å². The van der Waals surface area contributed by atoms with E-state index in [2.05, 4.69) is 33.0 Å². The van der Waals surface area contributed by atoms with E-state index in [1.807, 2.05) is 18.2 Å². The lowest BCUT2D eigenvalue weighted by Crippen LogP contribution is -1.64. The summed E-state index contributed by atoms with van der Waals surface area (Å²) in [6.07, 6.45) is 0. The fraction of sp³-hybridized carbons (Fsp3) is 0. The fourth-order valence-electron chi connectivity index (χ4n) is 0.858. The highest BCUT2D eigenvalue weighted by Crippen LogP contribution is 2.22. The quantitative estimate of drug-likeness (QED) is 0.664. The van der Waals surface area contributed by atoms with E-state index in [1.54, 1.807) is 11.5 Å². The van der Waals surface area contributed by atoms with Crippen LogP contribution in [-0.4, -0.2) is 4.37 Å². The Hall–Kier alpha value is -0.160. The number of halogens is 1. The number of benzene rings is 1. The molecule has 2 aromatic rings. The monoisotopic (exact) mass is 261 g/mol. The van der Waals surface area contributed by atoms with Gasteiger partial charge >= 0.3 is 0 Å². The van der Waals surface area contributed by atoms with Crippen LogP contribution in [0.5, 0.6) is 0 Å². The van der Waals surface area contributed by atoms with Crippen molar-refractivity contribution in [3.8, 4) is 0 Å². The van der Waals surface area contributed by atoms with Gasteiger partial charge in [0.05, 0.1) is 8.40 Å². The van der Waals surface area contributed by atoms with Crippen molar-refractivity contribution < 1.29 is 0 Å². The van der Waals surface area contributed by atoms with Gasteiger partial charge in [0.2, 0.25) is 0 Å². The molecule has 0 aliphatic rings. The minimum Gasteiger partial charge on any atom is -0.192 e. The van der Waals surface area contributed by atoms with E-state index >= 15 is 0 Å². The third-order valence-electron chi connectivity index (χ3n) is 1.34. The summed E-state index contributed by atoms with van der Waals surface area (Å²) in [5.41, 5.74) is 1.11. The van der Waals surface area contributed by atoms with Gasteiger partial charge in [-0.05, 0) is 40.2 Å². The number of hydrogen-bond donors (Lipinski definition) is 0. The van der Waals surface area contributed by atoms with Crippen LogP contribution >= 0.6 is 34.1 Å². The Bertz CT molecular complexity index is 355. The maximum atomic E-state index is 4.25. The zero-order valence-electron chi connectivity index (χ0n) is 5.04. The average Bonchev–Trinajstić information content (AvgIpc) is 2.34. The highest BCUT2D eigenvalue weighted by Gasteiger charge is 1.98. The summed E-state index contributed by atoms with van der Waals surface area (Å²) in [6, 6.07) is 8.19. The van der Waals surface area contributed by atoms with Gasteiger partial charge in [0.15, 0.2) is 0 Å². The number of fused-ring (bicyclic) bond motifs is 1. The molecule has 2 rings (SSSR count). The molecule has 0 atom stereocenters. The molecule has 0 aliphatic carbocycles. The third kappa shape index (κ3) is 0.932. The van der Waals surface area contributed by atoms with E-state index in [4.69, 9.17) is 0 Å². The van der Waals surface area contributed by atoms with Gasteiger partial charge in [-0.25, -0.2) is 0 Å². The van der Waals surface area contributed by atoms with Crippen molar-refractivity contribution in [2.24, 2.45) is 0 Å². The second kappa shape index (κ2) is 2.47. The molecule has 50 valence electrons. The smallest absolute Gasteiger partial charge is 0.0938 e. The summed E-state index contributed by atoms with van der Waals surface area (Å²) in [4.78, 5) is 0. The zero-order valence-corrected chi connectivity index (χ0v) is 8.02. The molecule has 1 nitrogen and oxygen atoms in total. The predicted octanol–water partition coefficient (Wildman–Crippen LogP) is 2.90. The van der Waals surface area contributed by atoms with Crippen molar-refractivity contribution in [1.82, 2.24) is 4.37 Å². The van der Waals surface area contributed by atoms with Crippen LogP contribution in [0, 0.1) is 2.88 Å². The normalized spacial score (nSPS) is 10.5. The summed E-state index contributed by atoms with van der Waals surface area (Å²) < 4.78 is 5.52. The first-order valence-corrected chi connectivity index (χ1v) is 4.73. The molecule has 1 aromatic heterocycles. The number of rotatable bonds is 0. The van der Waals surface area contributed by atoms with Crippen molar-refractivity contribution in [3.05, 3.63) is 27.1 Å². The highest BCUT2D eigenvalue weighted by molar-refractivity contribution is 14.1. The molecule has 1 aromatic carbocycles. The van der Waals surface area contributed by atoms with Crippen LogP contribution in [0.3, 0.4) is 0 Å². The minimum absolute atomic E-state index is 1.11. The van der Waals surface area contributed by atoms with E-state index < -0.39 is 0 Å². The fourth-order valence-corrected chi connectivity index (χ4v) is 2.22. The van der Waals surface area contributed by atoms with Crippen molar-refractivity contribution in [2.45, 2.75) is 0 Å². The van der Waals surface area contributed by atoms with E-state index in [1.165, 1.54) is 8.27 Å². The summed E-state index contributed by atoms with van der Waals surface area (Å²) in [5.74, 6) is 0. The maximum Gasteiger partial charge on any atom is 0.0938 e. The van der Waals surface area contributed by atoms with Crippen molar-refractivity contribution in [1.29, 1.82) is 0 Å². The molecular formula is C7H4INS. The van der Waals surface area contributed by atoms with Gasteiger partial charge in [0.25, 0.3) is 0 Å². The molecule has 0 N–H and O–H groups in total. The first-order chi connectivity index (χ1) is 4.88. The van der Waals surface area contributed by atoms with Crippen LogP contribution in [0.4, 0.5) is 0 Å². The van der Waals surface area contributed by atoms with Gasteiger partial charge in [-0.3, -0.25) is 0 Å². The number of nitrogens with zero attached hydrogens (tertiary/aromatic N) is 1. The minimum atomic E-state index is 1.11.